The summed E-state index contributed by atoms with van der Waals surface area (Å²) in [4.78, 5) is 55.8. The molecule has 3 aliphatic heterocycles. The highest BCUT2D eigenvalue weighted by molar-refractivity contribution is 8.03. The predicted molar refractivity (Wildman–Crippen MR) is 174 cm³/mol. The summed E-state index contributed by atoms with van der Waals surface area (Å²) in [6.07, 6.45) is 3.96. The van der Waals surface area contributed by atoms with Crippen LogP contribution < -0.4 is 0 Å². The van der Waals surface area contributed by atoms with Crippen molar-refractivity contribution in [3.63, 3.8) is 0 Å². The third-order valence-corrected chi connectivity index (χ3v) is 11.5. The zero-order valence-electron chi connectivity index (χ0n) is 26.4. The van der Waals surface area contributed by atoms with Crippen LogP contribution in [0, 0.1) is 21.4 Å². The second-order valence-electron chi connectivity index (χ2n) is 13.4. The average Bonchev–Trinajstić information content (AvgIpc) is 3.13. The number of carbonyl (C=O) groups is 3. The van der Waals surface area contributed by atoms with Gasteiger partial charge in [0.2, 0.25) is 5.91 Å². The molecule has 240 valence electrons. The van der Waals surface area contributed by atoms with E-state index in [9.17, 15) is 29.6 Å². The van der Waals surface area contributed by atoms with E-state index in [2.05, 4.69) is 19.6 Å². The maximum Gasteiger partial charge on any atom is 0.353 e. The molecule has 12 heteroatoms. The molecule has 0 spiro atoms. The normalized spacial score (nSPS) is 24.2. The van der Waals surface area contributed by atoms with E-state index in [1.54, 1.807) is 18.2 Å². The largest absolute Gasteiger partial charge is 0.477 e. The van der Waals surface area contributed by atoms with Crippen molar-refractivity contribution in [2.75, 3.05) is 13.1 Å². The van der Waals surface area contributed by atoms with Gasteiger partial charge in [-0.15, -0.1) is 0 Å². The van der Waals surface area contributed by atoms with Gasteiger partial charge in [-0.25, -0.2) is 4.79 Å². The van der Waals surface area contributed by atoms with E-state index in [0.29, 0.717) is 34.9 Å². The molecule has 4 atom stereocenters. The van der Waals surface area contributed by atoms with E-state index in [1.165, 1.54) is 28.8 Å². The molecule has 45 heavy (non-hydrogen) atoms. The van der Waals surface area contributed by atoms with Gasteiger partial charge in [-0.3, -0.25) is 19.7 Å². The van der Waals surface area contributed by atoms with Crippen LogP contribution in [0.5, 0.6) is 0 Å². The molecule has 2 saturated heterocycles. The van der Waals surface area contributed by atoms with Crippen LogP contribution in [0.25, 0.3) is 0 Å². The van der Waals surface area contributed by atoms with Crippen LogP contribution in [-0.2, 0) is 20.4 Å². The maximum absolute atomic E-state index is 13.8. The van der Waals surface area contributed by atoms with Crippen molar-refractivity contribution < 1.29 is 28.8 Å². The van der Waals surface area contributed by atoms with Gasteiger partial charge in [-0.2, -0.15) is 0 Å². The Balaban J connectivity index is 1.59. The van der Waals surface area contributed by atoms with Crippen LogP contribution in [0.2, 0.25) is 19.6 Å². The van der Waals surface area contributed by atoms with Gasteiger partial charge in [-0.1, -0.05) is 55.8 Å². The molecule has 3 heterocycles. The fourth-order valence-electron chi connectivity index (χ4n) is 7.04. The van der Waals surface area contributed by atoms with E-state index in [1.807, 2.05) is 36.9 Å². The van der Waals surface area contributed by atoms with Gasteiger partial charge >= 0.3 is 5.97 Å². The molecular formula is C33H41N3O7SSi. The summed E-state index contributed by atoms with van der Waals surface area (Å²) < 4.78 is 6.38. The number of rotatable bonds is 10. The fourth-order valence-corrected chi connectivity index (χ4v) is 9.64. The summed E-state index contributed by atoms with van der Waals surface area (Å²) >= 11 is 1.24. The number of fused-ring (bicyclic) bond motifs is 1. The maximum atomic E-state index is 13.8. The standard InChI is InChI=1S/C33H41N3O7SSi/c1-21(43-45(3,4)5)26-28-33(2,20-22-14-16-23(17-15-22)36(41)42)29(27(32(39)40)35(28)31(26)38)44-25-13-9-8-12-24(25)30(37)34-18-10-6-7-11-19-34/h8-9,12-17,21,26,28H,6-7,10-11,18-20H2,1-5H3,(H,39,40)/t21?,26?,28-,33?/m0/s1. The molecule has 0 bridgehead atoms. The lowest BCUT2D eigenvalue weighted by Gasteiger charge is -2.52. The topological polar surface area (TPSA) is 130 Å². The number of hydrogen-bond donors (Lipinski definition) is 1. The average molecular weight is 652 g/mol. The lowest BCUT2D eigenvalue weighted by Crippen LogP contribution is -2.67. The number of aliphatic carboxylic acids is 1. The molecular weight excluding hydrogens is 611 g/mol. The van der Waals surface area contributed by atoms with Gasteiger partial charge in [0.1, 0.15) is 5.70 Å². The highest BCUT2D eigenvalue weighted by Gasteiger charge is 2.66. The van der Waals surface area contributed by atoms with Gasteiger partial charge in [0, 0.05) is 40.4 Å². The smallest absolute Gasteiger partial charge is 0.353 e. The Bertz CT molecular complexity index is 1530. The zero-order valence-corrected chi connectivity index (χ0v) is 28.3. The van der Waals surface area contributed by atoms with Crippen molar-refractivity contribution >= 4 is 43.6 Å². The number of nitro benzene ring substituents is 1. The van der Waals surface area contributed by atoms with Crippen molar-refractivity contribution in [3.8, 4) is 0 Å². The number of carboxylic acid groups (broad SMARTS) is 1. The molecule has 2 aromatic rings. The first-order valence-electron chi connectivity index (χ1n) is 15.5. The van der Waals surface area contributed by atoms with E-state index in [4.69, 9.17) is 4.43 Å². The first-order valence-corrected chi connectivity index (χ1v) is 19.7. The second-order valence-corrected chi connectivity index (χ2v) is 18.9. The number of β-lactam (4-membered cyclic amide) rings is 1. The van der Waals surface area contributed by atoms with E-state index >= 15 is 0 Å². The number of hydrogen-bond acceptors (Lipinski definition) is 7. The Hall–Kier alpha value is -3.48. The van der Waals surface area contributed by atoms with Crippen LogP contribution >= 0.6 is 11.8 Å². The Morgan fingerprint density at radius 3 is 2.29 bits per heavy atom. The van der Waals surface area contributed by atoms with Crippen LogP contribution in [0.15, 0.2) is 64.0 Å². The van der Waals surface area contributed by atoms with Crippen molar-refractivity contribution in [3.05, 3.63) is 80.4 Å². The van der Waals surface area contributed by atoms with Crippen LogP contribution in [-0.4, -0.2) is 71.2 Å². The van der Waals surface area contributed by atoms with Crippen molar-refractivity contribution in [1.29, 1.82) is 0 Å². The van der Waals surface area contributed by atoms with Crippen LogP contribution in [0.1, 0.15) is 55.5 Å². The van der Waals surface area contributed by atoms with Crippen molar-refractivity contribution in [2.45, 2.75) is 82.6 Å². The molecule has 5 rings (SSSR count). The number of nitrogens with zero attached hydrogens (tertiary/aromatic N) is 3. The zero-order chi connectivity index (χ0) is 32.7. The fraction of sp³-hybridized carbons (Fsp3) is 0.485. The number of thioether (sulfide) groups is 1. The third-order valence-electron chi connectivity index (χ3n) is 8.96. The number of likely N-dealkylation sites (tertiary alicyclic amines) is 1. The molecule has 2 amide bonds. The summed E-state index contributed by atoms with van der Waals surface area (Å²) in [6.45, 7) is 11.4. The lowest BCUT2D eigenvalue weighted by molar-refractivity contribution is -0.384. The van der Waals surface area contributed by atoms with Gasteiger partial charge in [0.15, 0.2) is 8.32 Å². The monoisotopic (exact) mass is 651 g/mol. The van der Waals surface area contributed by atoms with Gasteiger partial charge in [0.25, 0.3) is 11.6 Å². The minimum atomic E-state index is -2.05. The van der Waals surface area contributed by atoms with Crippen molar-refractivity contribution in [2.24, 2.45) is 11.3 Å². The summed E-state index contributed by atoms with van der Waals surface area (Å²) in [5, 5.41) is 21.9. The molecule has 10 nitrogen and oxygen atoms in total. The second kappa shape index (κ2) is 12.7. The summed E-state index contributed by atoms with van der Waals surface area (Å²) in [7, 11) is -2.05. The van der Waals surface area contributed by atoms with Gasteiger partial charge in [-0.05, 0) is 63.5 Å². The van der Waals surface area contributed by atoms with Gasteiger partial charge in [0.05, 0.1) is 28.6 Å². The Morgan fingerprint density at radius 1 is 1.09 bits per heavy atom. The third kappa shape index (κ3) is 6.45. The molecule has 0 radical (unpaired) electrons. The first kappa shape index (κ1) is 32.9. The number of nitro groups is 1. The van der Waals surface area contributed by atoms with E-state index < -0.39 is 42.7 Å². The molecule has 2 aromatic carbocycles. The number of non-ortho nitro benzene ring substituents is 1. The Kier molecular flexibility index (Phi) is 9.30. The molecule has 1 N–H and O–H groups in total. The first-order chi connectivity index (χ1) is 21.2. The summed E-state index contributed by atoms with van der Waals surface area (Å²) in [5.74, 6) is -2.15. The highest BCUT2D eigenvalue weighted by atomic mass is 32.2. The van der Waals surface area contributed by atoms with Crippen molar-refractivity contribution in [1.82, 2.24) is 9.80 Å². The van der Waals surface area contributed by atoms with Crippen LogP contribution in [0.4, 0.5) is 5.69 Å². The number of carbonyl (C=O) groups excluding carboxylic acids is 2. The minimum absolute atomic E-state index is 0.0388. The number of amides is 2. The number of carboxylic acids is 1. The lowest BCUT2D eigenvalue weighted by atomic mass is 9.67. The quantitative estimate of drug-likeness (QED) is 0.137. The van der Waals surface area contributed by atoms with E-state index in [-0.39, 0.29) is 23.2 Å². The molecule has 0 aliphatic carbocycles. The van der Waals surface area contributed by atoms with E-state index in [0.717, 1.165) is 31.2 Å². The molecule has 2 fully saturated rings. The molecule has 3 aliphatic rings. The highest BCUT2D eigenvalue weighted by Crippen LogP contribution is 2.60. The van der Waals surface area contributed by atoms with Gasteiger partial charge < -0.3 is 19.3 Å². The minimum Gasteiger partial charge on any atom is -0.477 e. The molecule has 0 aromatic heterocycles. The molecule has 3 unspecified atom stereocenters. The predicted octanol–water partition coefficient (Wildman–Crippen LogP) is 6.33. The Morgan fingerprint density at radius 2 is 1.71 bits per heavy atom. The SMILES string of the molecule is CC(O[Si](C)(C)C)C1C(=O)N2C(C(=O)O)=C(Sc3ccccc3C(=O)N3CCCCCC3)C(C)(Cc3ccc([N+](=O)[O-])cc3)[C@H]12. The summed E-state index contributed by atoms with van der Waals surface area (Å²) in [5.41, 5.74) is 0.282. The van der Waals surface area contributed by atoms with Crippen LogP contribution in [0.3, 0.4) is 0 Å². The summed E-state index contributed by atoms with van der Waals surface area (Å²) in [6, 6.07) is 13.0. The number of benzene rings is 2. The molecule has 0 saturated carbocycles. The Labute approximate surface area is 269 Å².